The van der Waals surface area contributed by atoms with Gasteiger partial charge in [0.2, 0.25) is 0 Å². The monoisotopic (exact) mass is 475 g/mol. The van der Waals surface area contributed by atoms with E-state index in [0.29, 0.717) is 23.6 Å². The highest BCUT2D eigenvalue weighted by atomic mass is 16.6. The van der Waals surface area contributed by atoms with Crippen molar-refractivity contribution in [1.82, 2.24) is 0 Å². The van der Waals surface area contributed by atoms with Crippen LogP contribution in [0, 0.1) is 0 Å². The number of anilines is 1. The number of unbranched alkanes of at least 4 members (excludes halogenated alkanes) is 1. The van der Waals surface area contributed by atoms with Gasteiger partial charge in [0.05, 0.1) is 18.9 Å². The van der Waals surface area contributed by atoms with Gasteiger partial charge in [0.1, 0.15) is 11.5 Å². The van der Waals surface area contributed by atoms with Crippen LogP contribution in [-0.2, 0) is 22.4 Å². The zero-order chi connectivity index (χ0) is 24.9. The fraction of sp³-hybridized carbons (Fsp3) is 0.310. The molecule has 0 aliphatic heterocycles. The van der Waals surface area contributed by atoms with Gasteiger partial charge in [-0.3, -0.25) is 4.79 Å². The number of carbonyl (C=O) groups is 2. The Bertz CT molecular complexity index is 1080. The topological polar surface area (TPSA) is 73.9 Å². The SMILES string of the molecule is CCOC(=O)COc1ccc(CC)cc1NC(=O)c1ccc(OCCCCc2ccccc2)cc1. The lowest BCUT2D eigenvalue weighted by Gasteiger charge is -2.14. The van der Waals surface area contributed by atoms with Gasteiger partial charge in [0.15, 0.2) is 6.61 Å². The Hall–Kier alpha value is -3.80. The average Bonchev–Trinajstić information content (AvgIpc) is 2.88. The number of amides is 1. The molecule has 0 radical (unpaired) electrons. The predicted molar refractivity (Wildman–Crippen MR) is 137 cm³/mol. The Balaban J connectivity index is 1.52. The summed E-state index contributed by atoms with van der Waals surface area (Å²) in [5.41, 5.74) is 3.39. The molecule has 0 spiro atoms. The van der Waals surface area contributed by atoms with Crippen LogP contribution in [0.5, 0.6) is 11.5 Å². The van der Waals surface area contributed by atoms with E-state index in [1.54, 1.807) is 37.3 Å². The number of nitrogens with one attached hydrogen (secondary N) is 1. The van der Waals surface area contributed by atoms with E-state index >= 15 is 0 Å². The molecule has 6 heteroatoms. The minimum atomic E-state index is -0.458. The lowest BCUT2D eigenvalue weighted by atomic mass is 10.1. The Morgan fingerprint density at radius 3 is 2.31 bits per heavy atom. The lowest BCUT2D eigenvalue weighted by molar-refractivity contribution is -0.145. The van der Waals surface area contributed by atoms with Crippen molar-refractivity contribution >= 4 is 17.6 Å². The van der Waals surface area contributed by atoms with Crippen molar-refractivity contribution in [3.63, 3.8) is 0 Å². The van der Waals surface area contributed by atoms with Gasteiger partial charge in [-0.25, -0.2) is 4.79 Å². The molecule has 0 bridgehead atoms. The van der Waals surface area contributed by atoms with Crippen molar-refractivity contribution in [3.05, 3.63) is 89.5 Å². The number of rotatable bonds is 13. The van der Waals surface area contributed by atoms with E-state index < -0.39 is 5.97 Å². The number of hydrogen-bond donors (Lipinski definition) is 1. The lowest BCUT2D eigenvalue weighted by Crippen LogP contribution is -2.17. The van der Waals surface area contributed by atoms with Gasteiger partial charge in [0.25, 0.3) is 5.91 Å². The maximum atomic E-state index is 12.9. The summed E-state index contributed by atoms with van der Waals surface area (Å²) in [6.45, 7) is 4.46. The highest BCUT2D eigenvalue weighted by molar-refractivity contribution is 6.05. The van der Waals surface area contributed by atoms with E-state index in [2.05, 4.69) is 29.6 Å². The summed E-state index contributed by atoms with van der Waals surface area (Å²) in [6.07, 6.45) is 3.85. The van der Waals surface area contributed by atoms with E-state index in [9.17, 15) is 9.59 Å². The normalized spacial score (nSPS) is 10.5. The van der Waals surface area contributed by atoms with Gasteiger partial charge in [-0.15, -0.1) is 0 Å². The van der Waals surface area contributed by atoms with Crippen LogP contribution in [0.25, 0.3) is 0 Å². The molecule has 0 aliphatic carbocycles. The Morgan fingerprint density at radius 2 is 1.60 bits per heavy atom. The zero-order valence-corrected chi connectivity index (χ0v) is 20.4. The Morgan fingerprint density at radius 1 is 0.829 bits per heavy atom. The third-order valence-electron chi connectivity index (χ3n) is 5.44. The number of aryl methyl sites for hydroxylation is 2. The molecular weight excluding hydrogens is 442 g/mol. The quantitative estimate of drug-likeness (QED) is 0.248. The van der Waals surface area contributed by atoms with Gasteiger partial charge < -0.3 is 19.5 Å². The summed E-state index contributed by atoms with van der Waals surface area (Å²) >= 11 is 0. The number of esters is 1. The van der Waals surface area contributed by atoms with Gasteiger partial charge in [-0.1, -0.05) is 43.3 Å². The molecule has 0 aliphatic rings. The van der Waals surface area contributed by atoms with Crippen LogP contribution in [0.4, 0.5) is 5.69 Å². The van der Waals surface area contributed by atoms with Crippen LogP contribution >= 0.6 is 0 Å². The van der Waals surface area contributed by atoms with Crippen LogP contribution in [0.2, 0.25) is 0 Å². The second kappa shape index (κ2) is 13.8. The standard InChI is InChI=1S/C29H33NO5/c1-3-22-13-18-27(35-21-28(31)33-4-2)26(20-22)30-29(32)24-14-16-25(17-15-24)34-19-9-8-12-23-10-6-5-7-11-23/h5-7,10-11,13-18,20H,3-4,8-9,12,19,21H2,1-2H3,(H,30,32). The summed E-state index contributed by atoms with van der Waals surface area (Å²) in [6, 6.07) is 23.0. The molecule has 1 N–H and O–H groups in total. The van der Waals surface area contributed by atoms with Crippen LogP contribution in [0.15, 0.2) is 72.8 Å². The molecule has 0 saturated carbocycles. The van der Waals surface area contributed by atoms with E-state index in [0.717, 1.165) is 37.0 Å². The molecule has 0 heterocycles. The second-order valence-corrected chi connectivity index (χ2v) is 8.05. The molecule has 6 nitrogen and oxygen atoms in total. The number of hydrogen-bond acceptors (Lipinski definition) is 5. The minimum Gasteiger partial charge on any atom is -0.494 e. The van der Waals surface area contributed by atoms with E-state index in [1.807, 2.05) is 25.1 Å². The summed E-state index contributed by atoms with van der Waals surface area (Å²) in [4.78, 5) is 24.5. The molecule has 184 valence electrons. The smallest absolute Gasteiger partial charge is 0.344 e. The second-order valence-electron chi connectivity index (χ2n) is 8.05. The third kappa shape index (κ3) is 8.49. The number of ether oxygens (including phenoxy) is 3. The average molecular weight is 476 g/mol. The fourth-order valence-electron chi connectivity index (χ4n) is 3.52. The zero-order valence-electron chi connectivity index (χ0n) is 20.4. The van der Waals surface area contributed by atoms with E-state index in [1.165, 1.54) is 5.56 Å². The molecule has 1 amide bonds. The van der Waals surface area contributed by atoms with Crippen molar-refractivity contribution in [2.24, 2.45) is 0 Å². The van der Waals surface area contributed by atoms with E-state index in [-0.39, 0.29) is 19.1 Å². The van der Waals surface area contributed by atoms with Crippen LogP contribution in [0.1, 0.15) is 48.2 Å². The summed E-state index contributed by atoms with van der Waals surface area (Å²) in [5.74, 6) is 0.417. The van der Waals surface area contributed by atoms with Gasteiger partial charge in [-0.2, -0.15) is 0 Å². The molecule has 0 unspecified atom stereocenters. The molecule has 3 rings (SSSR count). The molecule has 0 fully saturated rings. The molecule has 35 heavy (non-hydrogen) atoms. The molecule has 3 aromatic carbocycles. The highest BCUT2D eigenvalue weighted by Crippen LogP contribution is 2.27. The Kier molecular flexibility index (Phi) is 10.2. The van der Waals surface area contributed by atoms with Crippen molar-refractivity contribution in [2.45, 2.75) is 39.5 Å². The van der Waals surface area contributed by atoms with Gasteiger partial charge in [-0.05, 0) is 80.1 Å². The largest absolute Gasteiger partial charge is 0.494 e. The first-order valence-electron chi connectivity index (χ1n) is 12.1. The first-order chi connectivity index (χ1) is 17.1. The molecule has 0 saturated heterocycles. The van der Waals surface area contributed by atoms with Gasteiger partial charge >= 0.3 is 5.97 Å². The van der Waals surface area contributed by atoms with Crippen molar-refractivity contribution in [1.29, 1.82) is 0 Å². The third-order valence-corrected chi connectivity index (χ3v) is 5.44. The summed E-state index contributed by atoms with van der Waals surface area (Å²) < 4.78 is 16.3. The molecule has 0 aromatic heterocycles. The molecule has 0 atom stereocenters. The van der Waals surface area contributed by atoms with Crippen molar-refractivity contribution < 1.29 is 23.8 Å². The first-order valence-corrected chi connectivity index (χ1v) is 12.1. The maximum absolute atomic E-state index is 12.9. The van der Waals surface area contributed by atoms with Crippen molar-refractivity contribution in [3.8, 4) is 11.5 Å². The Labute approximate surface area is 207 Å². The maximum Gasteiger partial charge on any atom is 0.344 e. The van der Waals surface area contributed by atoms with E-state index in [4.69, 9.17) is 14.2 Å². The van der Waals surface area contributed by atoms with Crippen LogP contribution < -0.4 is 14.8 Å². The summed E-state index contributed by atoms with van der Waals surface area (Å²) in [5, 5.41) is 2.90. The van der Waals surface area contributed by atoms with Gasteiger partial charge in [0, 0.05) is 5.56 Å². The number of benzene rings is 3. The molecule has 3 aromatic rings. The first kappa shape index (κ1) is 25.8. The highest BCUT2D eigenvalue weighted by Gasteiger charge is 2.13. The fourth-order valence-corrected chi connectivity index (χ4v) is 3.52. The minimum absolute atomic E-state index is 0.223. The number of carbonyl (C=O) groups excluding carboxylic acids is 2. The molecular formula is C29H33NO5. The van der Waals surface area contributed by atoms with Crippen LogP contribution in [-0.4, -0.2) is 31.7 Å². The van der Waals surface area contributed by atoms with Crippen molar-refractivity contribution in [2.75, 3.05) is 25.1 Å². The van der Waals surface area contributed by atoms with Crippen LogP contribution in [0.3, 0.4) is 0 Å². The predicted octanol–water partition coefficient (Wildman–Crippen LogP) is 5.84. The summed E-state index contributed by atoms with van der Waals surface area (Å²) in [7, 11) is 0.